The van der Waals surface area contributed by atoms with Crippen molar-refractivity contribution < 1.29 is 13.9 Å². The fraction of sp³-hybridized carbons (Fsp3) is 0.375. The Morgan fingerprint density at radius 1 is 1.03 bits per heavy atom. The fourth-order valence-electron chi connectivity index (χ4n) is 3.73. The molecule has 1 aromatic heterocycles. The molecule has 7 heteroatoms. The Balaban J connectivity index is 1.29. The Kier molecular flexibility index (Phi) is 6.50. The molecule has 0 aliphatic carbocycles. The Labute approximate surface area is 182 Å². The first-order chi connectivity index (χ1) is 15.1. The lowest BCUT2D eigenvalue weighted by atomic mass is 10.1. The summed E-state index contributed by atoms with van der Waals surface area (Å²) in [5, 5.41) is 8.21. The van der Waals surface area contributed by atoms with Crippen molar-refractivity contribution in [3.63, 3.8) is 0 Å². The molecule has 4 rings (SSSR count). The summed E-state index contributed by atoms with van der Waals surface area (Å²) in [6, 6.07) is 16.0. The lowest BCUT2D eigenvalue weighted by Gasteiger charge is -2.36. The molecule has 2 heterocycles. The smallest absolute Gasteiger partial charge is 0.247 e. The number of piperazine rings is 1. The van der Waals surface area contributed by atoms with E-state index < -0.39 is 0 Å². The zero-order valence-corrected chi connectivity index (χ0v) is 18.1. The number of carbonyl (C=O) groups is 1. The van der Waals surface area contributed by atoms with Crippen LogP contribution < -0.4 is 9.64 Å². The molecule has 31 heavy (non-hydrogen) atoms. The van der Waals surface area contributed by atoms with Crippen LogP contribution in [0.15, 0.2) is 52.9 Å². The van der Waals surface area contributed by atoms with E-state index >= 15 is 0 Å². The summed E-state index contributed by atoms with van der Waals surface area (Å²) < 4.78 is 11.5. The van der Waals surface area contributed by atoms with Crippen LogP contribution in [-0.2, 0) is 11.2 Å². The predicted octanol–water partition coefficient (Wildman–Crippen LogP) is 3.73. The van der Waals surface area contributed by atoms with Crippen LogP contribution in [0.2, 0.25) is 0 Å². The van der Waals surface area contributed by atoms with Gasteiger partial charge in [0.25, 0.3) is 0 Å². The predicted molar refractivity (Wildman–Crippen MR) is 119 cm³/mol. The maximum Gasteiger partial charge on any atom is 0.247 e. The fourth-order valence-corrected chi connectivity index (χ4v) is 3.73. The molecule has 0 atom stereocenters. The zero-order chi connectivity index (χ0) is 21.6. The molecule has 0 bridgehead atoms. The molecule has 1 aliphatic heterocycles. The number of carbonyl (C=O) groups excluding carboxylic acids is 1. The third kappa shape index (κ3) is 5.05. The van der Waals surface area contributed by atoms with Crippen molar-refractivity contribution in [1.82, 2.24) is 15.1 Å². The van der Waals surface area contributed by atoms with Gasteiger partial charge in [0.2, 0.25) is 17.7 Å². The van der Waals surface area contributed by atoms with Gasteiger partial charge in [-0.1, -0.05) is 29.8 Å². The minimum Gasteiger partial charge on any atom is -0.492 e. The van der Waals surface area contributed by atoms with Crippen LogP contribution in [0.4, 0.5) is 5.69 Å². The van der Waals surface area contributed by atoms with Crippen LogP contribution in [0.25, 0.3) is 11.5 Å². The number of para-hydroxylation sites is 2. The largest absolute Gasteiger partial charge is 0.492 e. The molecular formula is C24H28N4O3. The summed E-state index contributed by atoms with van der Waals surface area (Å²) in [7, 11) is 0. The maximum absolute atomic E-state index is 12.7. The number of hydrogen-bond donors (Lipinski definition) is 0. The van der Waals surface area contributed by atoms with E-state index in [-0.39, 0.29) is 5.91 Å². The number of aryl methyl sites for hydroxylation is 2. The number of ether oxygens (including phenoxy) is 1. The van der Waals surface area contributed by atoms with Gasteiger partial charge in [0.05, 0.1) is 12.3 Å². The topological polar surface area (TPSA) is 71.7 Å². The third-order valence-electron chi connectivity index (χ3n) is 5.46. The first-order valence-electron chi connectivity index (χ1n) is 10.8. The summed E-state index contributed by atoms with van der Waals surface area (Å²) >= 11 is 0. The van der Waals surface area contributed by atoms with Gasteiger partial charge in [-0.2, -0.15) is 0 Å². The Bertz CT molecular complexity index is 1010. The minimum absolute atomic E-state index is 0.118. The molecule has 162 valence electrons. The van der Waals surface area contributed by atoms with Crippen LogP contribution in [0.5, 0.6) is 5.75 Å². The van der Waals surface area contributed by atoms with Gasteiger partial charge in [0.1, 0.15) is 5.75 Å². The van der Waals surface area contributed by atoms with Crippen LogP contribution in [0, 0.1) is 6.92 Å². The highest BCUT2D eigenvalue weighted by atomic mass is 16.5. The van der Waals surface area contributed by atoms with Crippen molar-refractivity contribution in [2.45, 2.75) is 26.7 Å². The molecule has 1 amide bonds. The molecule has 0 N–H and O–H groups in total. The number of benzene rings is 2. The Morgan fingerprint density at radius 2 is 1.77 bits per heavy atom. The quantitative estimate of drug-likeness (QED) is 0.580. The van der Waals surface area contributed by atoms with E-state index in [1.54, 1.807) is 0 Å². The maximum atomic E-state index is 12.7. The van der Waals surface area contributed by atoms with Gasteiger partial charge in [-0.05, 0) is 38.1 Å². The molecule has 2 aromatic carbocycles. The lowest BCUT2D eigenvalue weighted by molar-refractivity contribution is -0.131. The number of aromatic nitrogens is 2. The molecule has 0 saturated carbocycles. The van der Waals surface area contributed by atoms with Crippen molar-refractivity contribution in [2.24, 2.45) is 0 Å². The highest BCUT2D eigenvalue weighted by Gasteiger charge is 2.23. The molecule has 1 aliphatic rings. The molecule has 3 aromatic rings. The van der Waals surface area contributed by atoms with Gasteiger partial charge in [-0.25, -0.2) is 0 Å². The second-order valence-corrected chi connectivity index (χ2v) is 7.64. The van der Waals surface area contributed by atoms with E-state index in [4.69, 9.17) is 9.15 Å². The highest BCUT2D eigenvalue weighted by Crippen LogP contribution is 2.29. The molecule has 0 radical (unpaired) electrons. The molecule has 0 unspecified atom stereocenters. The monoisotopic (exact) mass is 420 g/mol. The average molecular weight is 421 g/mol. The van der Waals surface area contributed by atoms with E-state index in [0.717, 1.165) is 30.1 Å². The third-order valence-corrected chi connectivity index (χ3v) is 5.46. The normalized spacial score (nSPS) is 14.0. The van der Waals surface area contributed by atoms with Gasteiger partial charge in [0.15, 0.2) is 0 Å². The van der Waals surface area contributed by atoms with Crippen molar-refractivity contribution in [1.29, 1.82) is 0 Å². The highest BCUT2D eigenvalue weighted by molar-refractivity contribution is 5.76. The SMILES string of the molecule is CCOc1ccccc1N1CCN(C(=O)CCc2nnc(-c3ccc(C)cc3)o2)CC1. The summed E-state index contributed by atoms with van der Waals surface area (Å²) in [5.41, 5.74) is 3.15. The Morgan fingerprint density at radius 3 is 2.52 bits per heavy atom. The van der Waals surface area contributed by atoms with E-state index in [0.29, 0.717) is 44.3 Å². The average Bonchev–Trinajstić information content (AvgIpc) is 3.28. The van der Waals surface area contributed by atoms with E-state index in [2.05, 4.69) is 21.2 Å². The second-order valence-electron chi connectivity index (χ2n) is 7.64. The molecule has 0 spiro atoms. The van der Waals surface area contributed by atoms with Crippen LogP contribution in [0.1, 0.15) is 24.8 Å². The number of rotatable bonds is 7. The van der Waals surface area contributed by atoms with E-state index in [1.807, 2.05) is 61.2 Å². The zero-order valence-electron chi connectivity index (χ0n) is 18.1. The number of hydrogen-bond acceptors (Lipinski definition) is 6. The molecular weight excluding hydrogens is 392 g/mol. The van der Waals surface area contributed by atoms with E-state index in [1.165, 1.54) is 5.56 Å². The van der Waals surface area contributed by atoms with Crippen LogP contribution in [0.3, 0.4) is 0 Å². The van der Waals surface area contributed by atoms with Crippen molar-refractivity contribution in [3.8, 4) is 17.2 Å². The Hall–Kier alpha value is -3.35. The number of anilines is 1. The van der Waals surface area contributed by atoms with Crippen molar-refractivity contribution in [3.05, 3.63) is 60.0 Å². The summed E-state index contributed by atoms with van der Waals surface area (Å²) in [6.07, 6.45) is 0.816. The summed E-state index contributed by atoms with van der Waals surface area (Å²) in [5.74, 6) is 2.00. The number of nitrogens with zero attached hydrogens (tertiary/aromatic N) is 4. The first kappa shape index (κ1) is 20.9. The summed E-state index contributed by atoms with van der Waals surface area (Å²) in [4.78, 5) is 16.9. The first-order valence-corrected chi connectivity index (χ1v) is 10.8. The standard InChI is InChI=1S/C24H28N4O3/c1-3-30-21-7-5-4-6-20(21)27-14-16-28(17-15-27)23(29)13-12-22-25-26-24(31-22)19-10-8-18(2)9-11-19/h4-11H,3,12-17H2,1-2H3. The number of amides is 1. The lowest BCUT2D eigenvalue weighted by Crippen LogP contribution is -2.49. The molecule has 1 fully saturated rings. The van der Waals surface area contributed by atoms with Crippen LogP contribution in [-0.4, -0.2) is 53.8 Å². The van der Waals surface area contributed by atoms with Gasteiger partial charge >= 0.3 is 0 Å². The van der Waals surface area contributed by atoms with Gasteiger partial charge < -0.3 is 19.0 Å². The molecule has 7 nitrogen and oxygen atoms in total. The minimum atomic E-state index is 0.118. The van der Waals surface area contributed by atoms with Crippen LogP contribution >= 0.6 is 0 Å². The second kappa shape index (κ2) is 9.64. The van der Waals surface area contributed by atoms with Gasteiger partial charge in [-0.15, -0.1) is 10.2 Å². The summed E-state index contributed by atoms with van der Waals surface area (Å²) in [6.45, 7) is 7.61. The van der Waals surface area contributed by atoms with Gasteiger partial charge in [0, 0.05) is 44.6 Å². The van der Waals surface area contributed by atoms with Crippen molar-refractivity contribution >= 4 is 11.6 Å². The molecule has 1 saturated heterocycles. The van der Waals surface area contributed by atoms with E-state index in [9.17, 15) is 4.79 Å². The van der Waals surface area contributed by atoms with Crippen molar-refractivity contribution in [2.75, 3.05) is 37.7 Å². The van der Waals surface area contributed by atoms with Gasteiger partial charge in [-0.3, -0.25) is 4.79 Å².